The van der Waals surface area contributed by atoms with Gasteiger partial charge >= 0.3 is 0 Å². The summed E-state index contributed by atoms with van der Waals surface area (Å²) in [6, 6.07) is 20.3. The van der Waals surface area contributed by atoms with Gasteiger partial charge in [-0.25, -0.2) is 9.07 Å². The van der Waals surface area contributed by atoms with E-state index in [1.165, 1.54) is 24.5 Å². The minimum absolute atomic E-state index is 0. The molecule has 8 nitrogen and oxygen atoms in total. The molecule has 190 valence electrons. The summed E-state index contributed by atoms with van der Waals surface area (Å²) in [7, 11) is 1.59. The smallest absolute Gasteiger partial charge is 0.273 e. The van der Waals surface area contributed by atoms with Crippen LogP contribution in [0.15, 0.2) is 89.8 Å². The van der Waals surface area contributed by atoms with Crippen LogP contribution in [-0.2, 0) is 0 Å². The molecule has 0 radical (unpaired) electrons. The zero-order chi connectivity index (χ0) is 25.1. The van der Waals surface area contributed by atoms with Gasteiger partial charge in [-0.05, 0) is 67.1 Å². The lowest BCUT2D eigenvalue weighted by molar-refractivity contribution is 0.0873. The van der Waals surface area contributed by atoms with Crippen molar-refractivity contribution in [3.05, 3.63) is 102 Å². The number of nitrogens with one attached hydrogen (secondary N) is 1. The van der Waals surface area contributed by atoms with E-state index in [1.54, 1.807) is 30.1 Å². The summed E-state index contributed by atoms with van der Waals surface area (Å²) in [6.45, 7) is 1.85. The predicted molar refractivity (Wildman–Crippen MR) is 138 cm³/mol. The topological polar surface area (TPSA) is 91.4 Å². The van der Waals surface area contributed by atoms with Gasteiger partial charge in [0.1, 0.15) is 29.7 Å². The number of benzene rings is 3. The standard InChI is InChI=1S/C27H23FN4O4.CH4/c1-17(30-27(33)24-12-13-35-31-24)26(18-4-3-5-22(14-18)34-2)36-23-10-11-25-19(15-23)16-29-32(25)21-8-6-20(28)7-9-21;/h3-17,26H,1-2H3,(H,30,33);1H4/t17-,26-;/m0./s1. The van der Waals surface area contributed by atoms with Crippen molar-refractivity contribution in [3.8, 4) is 17.2 Å². The highest BCUT2D eigenvalue weighted by atomic mass is 19.1. The summed E-state index contributed by atoms with van der Waals surface area (Å²) in [5, 5.41) is 11.9. The molecule has 37 heavy (non-hydrogen) atoms. The fraction of sp³-hybridized carbons (Fsp3) is 0.179. The Bertz CT molecular complexity index is 1480. The lowest BCUT2D eigenvalue weighted by atomic mass is 10.0. The summed E-state index contributed by atoms with van der Waals surface area (Å²) in [6.07, 6.45) is 2.53. The van der Waals surface area contributed by atoms with Crippen molar-refractivity contribution in [3.63, 3.8) is 0 Å². The number of amides is 1. The van der Waals surface area contributed by atoms with E-state index in [0.29, 0.717) is 11.5 Å². The molecule has 1 amide bonds. The first-order chi connectivity index (χ1) is 17.5. The van der Waals surface area contributed by atoms with Crippen LogP contribution in [0, 0.1) is 5.82 Å². The van der Waals surface area contributed by atoms with E-state index >= 15 is 0 Å². The third kappa shape index (κ3) is 5.45. The molecule has 0 bridgehead atoms. The Hall–Kier alpha value is -4.66. The highest BCUT2D eigenvalue weighted by Crippen LogP contribution is 2.30. The maximum atomic E-state index is 13.3. The maximum Gasteiger partial charge on any atom is 0.273 e. The monoisotopic (exact) mass is 502 g/mol. The van der Waals surface area contributed by atoms with Crippen molar-refractivity contribution < 1.29 is 23.2 Å². The summed E-state index contributed by atoms with van der Waals surface area (Å²) in [4.78, 5) is 12.6. The van der Waals surface area contributed by atoms with E-state index in [2.05, 4.69) is 15.6 Å². The normalized spacial score (nSPS) is 12.4. The summed E-state index contributed by atoms with van der Waals surface area (Å²) in [5.41, 5.74) is 2.60. The minimum atomic E-state index is -0.541. The molecule has 1 N–H and O–H groups in total. The molecule has 2 heterocycles. The molecule has 0 fully saturated rings. The number of hydrogen-bond donors (Lipinski definition) is 1. The molecule has 0 aliphatic carbocycles. The van der Waals surface area contributed by atoms with E-state index in [9.17, 15) is 9.18 Å². The van der Waals surface area contributed by atoms with Gasteiger partial charge in [0.15, 0.2) is 5.69 Å². The average molecular weight is 503 g/mol. The Morgan fingerprint density at radius 1 is 1.05 bits per heavy atom. The van der Waals surface area contributed by atoms with Crippen molar-refractivity contribution in [2.75, 3.05) is 7.11 Å². The van der Waals surface area contributed by atoms with Crippen LogP contribution < -0.4 is 14.8 Å². The zero-order valence-electron chi connectivity index (χ0n) is 19.6. The first kappa shape index (κ1) is 25.4. The number of halogens is 1. The molecule has 0 aliphatic rings. The van der Waals surface area contributed by atoms with Crippen LogP contribution in [0.1, 0.15) is 36.5 Å². The molecular formula is C28H27FN4O4. The van der Waals surface area contributed by atoms with Crippen LogP contribution in [-0.4, -0.2) is 34.0 Å². The largest absolute Gasteiger partial charge is 0.497 e. The average Bonchev–Trinajstić information content (AvgIpc) is 3.58. The SMILES string of the molecule is C.COc1cccc([C@@H](Oc2ccc3c(cnn3-c3ccc(F)cc3)c2)[C@H](C)NC(=O)c2ccon2)c1. The number of hydrogen-bond acceptors (Lipinski definition) is 6. The molecule has 5 aromatic rings. The van der Waals surface area contributed by atoms with E-state index in [0.717, 1.165) is 22.2 Å². The van der Waals surface area contributed by atoms with E-state index in [4.69, 9.17) is 14.0 Å². The van der Waals surface area contributed by atoms with Crippen molar-refractivity contribution in [1.82, 2.24) is 20.3 Å². The minimum Gasteiger partial charge on any atom is -0.497 e. The lowest BCUT2D eigenvalue weighted by Gasteiger charge is -2.26. The summed E-state index contributed by atoms with van der Waals surface area (Å²) in [5.74, 6) is 0.590. The van der Waals surface area contributed by atoms with Gasteiger partial charge in [0.2, 0.25) is 0 Å². The molecular weight excluding hydrogens is 475 g/mol. The van der Waals surface area contributed by atoms with Gasteiger partial charge in [-0.3, -0.25) is 4.79 Å². The second kappa shape index (κ2) is 10.9. The number of carbonyl (C=O) groups excluding carboxylic acids is 1. The van der Waals surface area contributed by atoms with Gasteiger partial charge < -0.3 is 19.3 Å². The van der Waals surface area contributed by atoms with Crippen molar-refractivity contribution in [2.45, 2.75) is 26.5 Å². The number of nitrogens with zero attached hydrogens (tertiary/aromatic N) is 3. The Kier molecular flexibility index (Phi) is 7.52. The van der Waals surface area contributed by atoms with Crippen molar-refractivity contribution in [1.29, 1.82) is 0 Å². The van der Waals surface area contributed by atoms with Gasteiger partial charge in [-0.15, -0.1) is 0 Å². The third-order valence-electron chi connectivity index (χ3n) is 5.78. The molecule has 0 aliphatic heterocycles. The second-order valence-corrected chi connectivity index (χ2v) is 8.22. The first-order valence-corrected chi connectivity index (χ1v) is 11.3. The van der Waals surface area contributed by atoms with Gasteiger partial charge in [0, 0.05) is 11.5 Å². The maximum absolute atomic E-state index is 13.3. The van der Waals surface area contributed by atoms with Gasteiger partial charge in [0.25, 0.3) is 5.91 Å². The fourth-order valence-corrected chi connectivity index (χ4v) is 3.98. The van der Waals surface area contributed by atoms with Gasteiger partial charge in [0.05, 0.1) is 30.6 Å². The number of ether oxygens (including phenoxy) is 2. The summed E-state index contributed by atoms with van der Waals surface area (Å²) >= 11 is 0. The molecule has 2 aromatic heterocycles. The number of fused-ring (bicyclic) bond motifs is 1. The van der Waals surface area contributed by atoms with Crippen LogP contribution >= 0.6 is 0 Å². The number of aromatic nitrogens is 3. The molecule has 0 saturated heterocycles. The first-order valence-electron chi connectivity index (χ1n) is 11.3. The molecule has 3 aromatic carbocycles. The van der Waals surface area contributed by atoms with Crippen LogP contribution in [0.4, 0.5) is 4.39 Å². The molecule has 0 saturated carbocycles. The number of methoxy groups -OCH3 is 1. The Morgan fingerprint density at radius 3 is 2.59 bits per heavy atom. The van der Waals surface area contributed by atoms with Crippen LogP contribution in [0.5, 0.6) is 11.5 Å². The molecule has 5 rings (SSSR count). The number of rotatable bonds is 8. The van der Waals surface area contributed by atoms with Crippen LogP contribution in [0.3, 0.4) is 0 Å². The zero-order valence-corrected chi connectivity index (χ0v) is 19.6. The molecule has 9 heteroatoms. The van der Waals surface area contributed by atoms with E-state index in [-0.39, 0.29) is 24.8 Å². The molecule has 0 spiro atoms. The Morgan fingerprint density at radius 2 is 1.86 bits per heavy atom. The van der Waals surface area contributed by atoms with E-state index in [1.807, 2.05) is 49.4 Å². The quantitative estimate of drug-likeness (QED) is 0.291. The van der Waals surface area contributed by atoms with Gasteiger partial charge in [-0.2, -0.15) is 5.10 Å². The van der Waals surface area contributed by atoms with Crippen molar-refractivity contribution in [2.24, 2.45) is 0 Å². The van der Waals surface area contributed by atoms with Gasteiger partial charge in [-0.1, -0.05) is 24.7 Å². The van der Waals surface area contributed by atoms with E-state index < -0.39 is 12.1 Å². The predicted octanol–water partition coefficient (Wildman–Crippen LogP) is 5.74. The Balaban J connectivity index is 0.00000320. The third-order valence-corrected chi connectivity index (χ3v) is 5.78. The van der Waals surface area contributed by atoms with Crippen LogP contribution in [0.25, 0.3) is 16.6 Å². The highest BCUT2D eigenvalue weighted by molar-refractivity contribution is 5.92. The van der Waals surface area contributed by atoms with Crippen LogP contribution in [0.2, 0.25) is 0 Å². The fourth-order valence-electron chi connectivity index (χ4n) is 3.98. The molecule has 2 atom stereocenters. The Labute approximate surface area is 213 Å². The number of carbonyl (C=O) groups is 1. The van der Waals surface area contributed by atoms with Crippen molar-refractivity contribution >= 4 is 16.8 Å². The highest BCUT2D eigenvalue weighted by Gasteiger charge is 2.25. The lowest BCUT2D eigenvalue weighted by Crippen LogP contribution is -2.39. The second-order valence-electron chi connectivity index (χ2n) is 8.22. The summed E-state index contributed by atoms with van der Waals surface area (Å²) < 4.78 is 31.7. The molecule has 0 unspecified atom stereocenters.